The number of esters is 1. The summed E-state index contributed by atoms with van der Waals surface area (Å²) in [5.41, 5.74) is -2.30. The molecular weight excluding hydrogens is 375 g/mol. The Balaban J connectivity index is 2.70. The number of halogens is 5. The molecule has 10 heteroatoms. The summed E-state index contributed by atoms with van der Waals surface area (Å²) in [6, 6.07) is 7.52. The Hall–Kier alpha value is -3.22. The van der Waals surface area contributed by atoms with Gasteiger partial charge in [0.2, 0.25) is 0 Å². The second-order valence-corrected chi connectivity index (χ2v) is 5.12. The van der Waals surface area contributed by atoms with Gasteiger partial charge in [-0.15, -0.1) is 0 Å². The summed E-state index contributed by atoms with van der Waals surface area (Å²) >= 11 is 0. The van der Waals surface area contributed by atoms with Crippen molar-refractivity contribution in [3.8, 4) is 23.1 Å². The van der Waals surface area contributed by atoms with E-state index in [0.717, 1.165) is 13.2 Å². The van der Waals surface area contributed by atoms with Crippen molar-refractivity contribution < 1.29 is 36.2 Å². The van der Waals surface area contributed by atoms with E-state index in [0.29, 0.717) is 6.07 Å². The number of carbonyl (C=O) groups excluding carboxylic acids is 1. The standard InChI is InChI=1S/C17H11F5N2O3/c1-26-16(25)10-6-12(15(18)19)24-14(11(10)7-23)9-4-2-3-5-13(9)27-8-17(20,21)22/h2-6,15H,8H2,1H3. The maximum Gasteiger partial charge on any atom is 0.422 e. The van der Waals surface area contributed by atoms with Crippen LogP contribution < -0.4 is 4.74 Å². The van der Waals surface area contributed by atoms with Gasteiger partial charge < -0.3 is 9.47 Å². The van der Waals surface area contributed by atoms with E-state index in [1.54, 1.807) is 6.07 Å². The molecule has 2 aromatic rings. The second-order valence-electron chi connectivity index (χ2n) is 5.12. The first kappa shape index (κ1) is 20.1. The summed E-state index contributed by atoms with van der Waals surface area (Å²) in [6.45, 7) is -1.63. The molecule has 0 aliphatic heterocycles. The van der Waals surface area contributed by atoms with Gasteiger partial charge in [0.05, 0.1) is 23.9 Å². The highest BCUT2D eigenvalue weighted by Crippen LogP contribution is 2.35. The molecule has 27 heavy (non-hydrogen) atoms. The summed E-state index contributed by atoms with van der Waals surface area (Å²) in [7, 11) is 0.992. The van der Waals surface area contributed by atoms with Crippen molar-refractivity contribution in [1.82, 2.24) is 4.98 Å². The van der Waals surface area contributed by atoms with Crippen LogP contribution in [0.2, 0.25) is 0 Å². The number of hydrogen-bond donors (Lipinski definition) is 0. The van der Waals surface area contributed by atoms with E-state index < -0.39 is 47.7 Å². The van der Waals surface area contributed by atoms with Crippen LogP contribution in [0.4, 0.5) is 22.0 Å². The molecule has 0 spiro atoms. The van der Waals surface area contributed by atoms with Gasteiger partial charge in [0.1, 0.15) is 17.5 Å². The molecule has 5 nitrogen and oxygen atoms in total. The molecule has 0 unspecified atom stereocenters. The molecule has 0 N–H and O–H groups in total. The van der Waals surface area contributed by atoms with Crippen molar-refractivity contribution in [2.75, 3.05) is 13.7 Å². The van der Waals surface area contributed by atoms with Gasteiger partial charge in [-0.1, -0.05) is 12.1 Å². The van der Waals surface area contributed by atoms with E-state index >= 15 is 0 Å². The smallest absolute Gasteiger partial charge is 0.422 e. The van der Waals surface area contributed by atoms with Gasteiger partial charge >= 0.3 is 12.1 Å². The van der Waals surface area contributed by atoms with Gasteiger partial charge in [-0.25, -0.2) is 18.6 Å². The van der Waals surface area contributed by atoms with Crippen LogP contribution in [-0.4, -0.2) is 30.8 Å². The fourth-order valence-corrected chi connectivity index (χ4v) is 2.20. The third-order valence-corrected chi connectivity index (χ3v) is 3.31. The number of carbonyl (C=O) groups is 1. The van der Waals surface area contributed by atoms with Gasteiger partial charge in [0, 0.05) is 5.56 Å². The molecule has 0 atom stereocenters. The summed E-state index contributed by atoms with van der Waals surface area (Å²) in [5, 5.41) is 9.38. The first-order valence-electron chi connectivity index (χ1n) is 7.28. The second kappa shape index (κ2) is 7.99. The van der Waals surface area contributed by atoms with Crippen molar-refractivity contribution in [3.63, 3.8) is 0 Å². The molecule has 0 aliphatic carbocycles. The number of methoxy groups -OCH3 is 1. The van der Waals surface area contributed by atoms with Crippen LogP contribution in [0, 0.1) is 11.3 Å². The lowest BCUT2D eigenvalue weighted by Crippen LogP contribution is -2.19. The van der Waals surface area contributed by atoms with Gasteiger partial charge in [-0.3, -0.25) is 0 Å². The van der Waals surface area contributed by atoms with Gasteiger partial charge in [0.25, 0.3) is 6.43 Å². The molecule has 2 rings (SSSR count). The zero-order valence-corrected chi connectivity index (χ0v) is 13.7. The molecule has 0 saturated carbocycles. The van der Waals surface area contributed by atoms with E-state index in [9.17, 15) is 32.0 Å². The number of hydrogen-bond acceptors (Lipinski definition) is 5. The fourth-order valence-electron chi connectivity index (χ4n) is 2.20. The Morgan fingerprint density at radius 2 is 1.96 bits per heavy atom. The minimum absolute atomic E-state index is 0.147. The highest BCUT2D eigenvalue weighted by atomic mass is 19.4. The number of rotatable bonds is 5. The summed E-state index contributed by atoms with van der Waals surface area (Å²) in [5.74, 6) is -1.40. The van der Waals surface area contributed by atoms with Crippen LogP contribution in [0.3, 0.4) is 0 Å². The van der Waals surface area contributed by atoms with Gasteiger partial charge in [-0.2, -0.15) is 18.4 Å². The summed E-state index contributed by atoms with van der Waals surface area (Å²) in [4.78, 5) is 15.5. The third kappa shape index (κ3) is 4.69. The number of nitriles is 1. The van der Waals surface area contributed by atoms with E-state index in [4.69, 9.17) is 4.74 Å². The van der Waals surface area contributed by atoms with Crippen molar-refractivity contribution in [1.29, 1.82) is 5.26 Å². The van der Waals surface area contributed by atoms with Crippen molar-refractivity contribution >= 4 is 5.97 Å². The molecule has 0 aliphatic rings. The first-order chi connectivity index (χ1) is 12.7. The quantitative estimate of drug-likeness (QED) is 0.566. The summed E-state index contributed by atoms with van der Waals surface area (Å²) < 4.78 is 72.9. The minimum Gasteiger partial charge on any atom is -0.483 e. The molecule has 142 valence electrons. The van der Waals surface area contributed by atoms with Crippen LogP contribution >= 0.6 is 0 Å². The predicted octanol–water partition coefficient (Wildman–Crippen LogP) is 4.29. The van der Waals surface area contributed by atoms with Crippen LogP contribution in [0.15, 0.2) is 30.3 Å². The minimum atomic E-state index is -4.64. The zero-order chi connectivity index (χ0) is 20.2. The monoisotopic (exact) mass is 386 g/mol. The third-order valence-electron chi connectivity index (χ3n) is 3.31. The Bertz CT molecular complexity index is 891. The first-order valence-corrected chi connectivity index (χ1v) is 7.28. The Morgan fingerprint density at radius 1 is 1.30 bits per heavy atom. The van der Waals surface area contributed by atoms with Gasteiger partial charge in [-0.05, 0) is 18.2 Å². The molecule has 1 heterocycles. The van der Waals surface area contributed by atoms with Crippen molar-refractivity contribution in [2.45, 2.75) is 12.6 Å². The van der Waals surface area contributed by atoms with Crippen LogP contribution in [-0.2, 0) is 4.74 Å². The lowest BCUT2D eigenvalue weighted by Gasteiger charge is -2.15. The number of pyridine rings is 1. The molecular formula is C17H11F5N2O3. The molecule has 0 radical (unpaired) electrons. The largest absolute Gasteiger partial charge is 0.483 e. The highest BCUT2D eigenvalue weighted by Gasteiger charge is 2.30. The zero-order valence-electron chi connectivity index (χ0n) is 13.7. The Kier molecular flexibility index (Phi) is 5.95. The lowest BCUT2D eigenvalue weighted by atomic mass is 10.00. The number of ether oxygens (including phenoxy) is 2. The predicted molar refractivity (Wildman–Crippen MR) is 82.2 cm³/mol. The van der Waals surface area contributed by atoms with Crippen molar-refractivity contribution in [2.24, 2.45) is 0 Å². The average molecular weight is 386 g/mol. The topological polar surface area (TPSA) is 72.2 Å². The molecule has 1 aromatic carbocycles. The number of nitrogens with zero attached hydrogens (tertiary/aromatic N) is 2. The number of benzene rings is 1. The van der Waals surface area contributed by atoms with E-state index in [1.165, 1.54) is 18.2 Å². The molecule has 0 bridgehead atoms. The van der Waals surface area contributed by atoms with Crippen LogP contribution in [0.5, 0.6) is 5.75 Å². The molecule has 0 fully saturated rings. The molecule has 1 aromatic heterocycles. The maximum absolute atomic E-state index is 13.2. The normalized spacial score (nSPS) is 11.2. The Labute approximate surface area is 150 Å². The Morgan fingerprint density at radius 3 is 2.52 bits per heavy atom. The van der Waals surface area contributed by atoms with E-state index in [2.05, 4.69) is 9.72 Å². The lowest BCUT2D eigenvalue weighted by molar-refractivity contribution is -0.153. The van der Waals surface area contributed by atoms with Gasteiger partial charge in [0.15, 0.2) is 6.61 Å². The maximum atomic E-state index is 13.2. The van der Waals surface area contributed by atoms with Crippen molar-refractivity contribution in [3.05, 3.63) is 47.2 Å². The van der Waals surface area contributed by atoms with Crippen LogP contribution in [0.25, 0.3) is 11.3 Å². The van der Waals surface area contributed by atoms with Crippen LogP contribution in [0.1, 0.15) is 28.0 Å². The summed E-state index contributed by atoms with van der Waals surface area (Å²) in [6.07, 6.45) is -7.73. The fraction of sp³-hybridized carbons (Fsp3) is 0.235. The molecule has 0 amide bonds. The highest BCUT2D eigenvalue weighted by molar-refractivity contribution is 5.95. The molecule has 0 saturated heterocycles. The number of alkyl halides is 5. The van der Waals surface area contributed by atoms with E-state index in [-0.39, 0.29) is 11.3 Å². The van der Waals surface area contributed by atoms with E-state index in [1.807, 2.05) is 0 Å². The number of aromatic nitrogens is 1. The SMILES string of the molecule is COC(=O)c1cc(C(F)F)nc(-c2ccccc2OCC(F)(F)F)c1C#N. The number of para-hydroxylation sites is 1. The average Bonchev–Trinajstić information content (AvgIpc) is 2.64.